The maximum atomic E-state index is 12.4. The summed E-state index contributed by atoms with van der Waals surface area (Å²) in [6.45, 7) is 1.34. The fourth-order valence-electron chi connectivity index (χ4n) is 3.01. The van der Waals surface area contributed by atoms with Crippen molar-refractivity contribution in [2.45, 2.75) is 38.1 Å². The van der Waals surface area contributed by atoms with Crippen molar-refractivity contribution in [2.75, 3.05) is 24.6 Å². The van der Waals surface area contributed by atoms with Crippen LogP contribution < -0.4 is 5.73 Å². The molecule has 2 aliphatic heterocycles. The number of carbonyl (C=O) groups is 1. The molecule has 0 aromatic heterocycles. The second-order valence-electron chi connectivity index (χ2n) is 5.36. The molecule has 2 heterocycles. The monoisotopic (exact) mass is 310 g/mol. The first-order chi connectivity index (χ1) is 8.53. The van der Waals surface area contributed by atoms with E-state index in [1.54, 1.807) is 0 Å². The van der Waals surface area contributed by atoms with Crippen molar-refractivity contribution in [1.82, 2.24) is 4.90 Å². The number of halogens is 1. The zero-order valence-corrected chi connectivity index (χ0v) is 12.7. The van der Waals surface area contributed by atoms with Crippen LogP contribution in [0.25, 0.3) is 0 Å². The van der Waals surface area contributed by atoms with Gasteiger partial charge < -0.3 is 10.6 Å². The van der Waals surface area contributed by atoms with Gasteiger partial charge in [-0.1, -0.05) is 0 Å². The Hall–Kier alpha value is -0.330. The fourth-order valence-corrected chi connectivity index (χ4v) is 4.74. The molecule has 2 unspecified atom stereocenters. The molecule has 2 atom stereocenters. The highest BCUT2D eigenvalue weighted by atomic mass is 35.5. The minimum Gasteiger partial charge on any atom is -0.339 e. The Kier molecular flexibility index (Phi) is 6.08. The summed E-state index contributed by atoms with van der Waals surface area (Å²) in [5, 5.41) is 0. The van der Waals surface area contributed by atoms with Crippen LogP contribution in [0, 0.1) is 5.92 Å². The highest BCUT2D eigenvalue weighted by molar-refractivity contribution is 7.91. The van der Waals surface area contributed by atoms with Crippen molar-refractivity contribution in [3.63, 3.8) is 0 Å². The predicted octanol–water partition coefficient (Wildman–Crippen LogP) is 0.573. The van der Waals surface area contributed by atoms with E-state index >= 15 is 0 Å². The van der Waals surface area contributed by atoms with Crippen LogP contribution in [-0.2, 0) is 14.6 Å². The Labute approximate surface area is 121 Å². The van der Waals surface area contributed by atoms with E-state index in [0.717, 1.165) is 32.2 Å². The lowest BCUT2D eigenvalue weighted by Gasteiger charge is -2.37. The quantitative estimate of drug-likeness (QED) is 0.826. The number of amides is 1. The van der Waals surface area contributed by atoms with Crippen LogP contribution in [0.15, 0.2) is 0 Å². The largest absolute Gasteiger partial charge is 0.339 e. The SMILES string of the molecule is Cl.NCCC1CCCCN1C(=O)C1CCS(=O)(=O)C1. The molecule has 0 spiro atoms. The third-order valence-electron chi connectivity index (χ3n) is 3.99. The zero-order valence-electron chi connectivity index (χ0n) is 11.1. The molecule has 0 radical (unpaired) electrons. The number of carbonyl (C=O) groups excluding carboxylic acids is 1. The van der Waals surface area contributed by atoms with Gasteiger partial charge in [0.15, 0.2) is 9.84 Å². The Balaban J connectivity index is 0.00000180. The van der Waals surface area contributed by atoms with E-state index in [4.69, 9.17) is 5.73 Å². The molecule has 0 saturated carbocycles. The standard InChI is InChI=1S/C12H22N2O3S.ClH/c13-6-4-11-3-1-2-7-14(11)12(15)10-5-8-18(16,17)9-10;/h10-11H,1-9,13H2;1H. The summed E-state index contributed by atoms with van der Waals surface area (Å²) in [5.74, 6) is -0.0705. The van der Waals surface area contributed by atoms with Gasteiger partial charge in [0, 0.05) is 12.6 Å². The highest BCUT2D eigenvalue weighted by Crippen LogP contribution is 2.26. The third-order valence-corrected chi connectivity index (χ3v) is 5.76. The number of likely N-dealkylation sites (tertiary alicyclic amines) is 1. The van der Waals surface area contributed by atoms with Crippen molar-refractivity contribution in [2.24, 2.45) is 11.7 Å². The summed E-state index contributed by atoms with van der Waals surface area (Å²) in [5.41, 5.74) is 5.58. The Morgan fingerprint density at radius 1 is 1.26 bits per heavy atom. The van der Waals surface area contributed by atoms with Gasteiger partial charge in [-0.25, -0.2) is 8.42 Å². The smallest absolute Gasteiger partial charge is 0.226 e. The summed E-state index contributed by atoms with van der Waals surface area (Å²) in [6.07, 6.45) is 4.48. The lowest BCUT2D eigenvalue weighted by atomic mass is 9.96. The van der Waals surface area contributed by atoms with Gasteiger partial charge in [0.05, 0.1) is 17.4 Å². The van der Waals surface area contributed by atoms with Crippen LogP contribution in [0.2, 0.25) is 0 Å². The first-order valence-corrected chi connectivity index (χ1v) is 8.56. The van der Waals surface area contributed by atoms with Crippen molar-refractivity contribution < 1.29 is 13.2 Å². The highest BCUT2D eigenvalue weighted by Gasteiger charge is 2.37. The molecule has 0 aromatic rings. The van der Waals surface area contributed by atoms with Gasteiger partial charge in [-0.2, -0.15) is 0 Å². The van der Waals surface area contributed by atoms with Crippen molar-refractivity contribution in [3.8, 4) is 0 Å². The molecule has 0 bridgehead atoms. The molecule has 112 valence electrons. The van der Waals surface area contributed by atoms with Gasteiger partial charge in [0.2, 0.25) is 5.91 Å². The van der Waals surface area contributed by atoms with Crippen LogP contribution in [0.1, 0.15) is 32.1 Å². The molecule has 0 aromatic carbocycles. The normalized spacial score (nSPS) is 29.8. The molecule has 5 nitrogen and oxygen atoms in total. The Morgan fingerprint density at radius 3 is 2.58 bits per heavy atom. The minimum absolute atomic E-state index is 0. The molecule has 2 saturated heterocycles. The number of rotatable bonds is 3. The van der Waals surface area contributed by atoms with E-state index in [2.05, 4.69) is 0 Å². The molecule has 2 N–H and O–H groups in total. The fraction of sp³-hybridized carbons (Fsp3) is 0.917. The van der Waals surface area contributed by atoms with Gasteiger partial charge >= 0.3 is 0 Å². The molecular weight excluding hydrogens is 288 g/mol. The summed E-state index contributed by atoms with van der Waals surface area (Å²) in [4.78, 5) is 14.3. The van der Waals surface area contributed by atoms with Crippen LogP contribution >= 0.6 is 12.4 Å². The van der Waals surface area contributed by atoms with Crippen LogP contribution in [0.4, 0.5) is 0 Å². The number of nitrogens with zero attached hydrogens (tertiary/aromatic N) is 1. The third kappa shape index (κ3) is 4.07. The second-order valence-corrected chi connectivity index (χ2v) is 7.59. The van der Waals surface area contributed by atoms with Gasteiger partial charge in [-0.15, -0.1) is 12.4 Å². The Morgan fingerprint density at radius 2 is 2.00 bits per heavy atom. The van der Waals surface area contributed by atoms with E-state index in [1.165, 1.54) is 0 Å². The molecular formula is C12H23ClN2O3S. The summed E-state index contributed by atoms with van der Waals surface area (Å²) in [7, 11) is -2.98. The maximum Gasteiger partial charge on any atom is 0.226 e. The molecule has 19 heavy (non-hydrogen) atoms. The second kappa shape index (κ2) is 6.90. The van der Waals surface area contributed by atoms with Gasteiger partial charge in [-0.05, 0) is 38.6 Å². The van der Waals surface area contributed by atoms with Crippen molar-refractivity contribution in [3.05, 3.63) is 0 Å². The number of hydrogen-bond acceptors (Lipinski definition) is 4. The van der Waals surface area contributed by atoms with Crippen molar-refractivity contribution >= 4 is 28.2 Å². The minimum atomic E-state index is -2.98. The van der Waals surface area contributed by atoms with E-state index in [-0.39, 0.29) is 41.8 Å². The van der Waals surface area contributed by atoms with Gasteiger partial charge in [-0.3, -0.25) is 4.79 Å². The predicted molar refractivity (Wildman–Crippen MR) is 77.0 cm³/mol. The maximum absolute atomic E-state index is 12.4. The lowest BCUT2D eigenvalue weighted by molar-refractivity contribution is -0.138. The average Bonchev–Trinajstić information content (AvgIpc) is 2.70. The van der Waals surface area contributed by atoms with Crippen LogP contribution in [-0.4, -0.2) is 49.9 Å². The molecule has 2 rings (SSSR count). The Bertz CT molecular complexity index is 411. The molecule has 2 fully saturated rings. The van der Waals surface area contributed by atoms with Gasteiger partial charge in [0.25, 0.3) is 0 Å². The average molecular weight is 311 g/mol. The molecule has 7 heteroatoms. The molecule has 0 aliphatic carbocycles. The molecule has 2 aliphatic rings. The summed E-state index contributed by atoms with van der Waals surface area (Å²) >= 11 is 0. The van der Waals surface area contributed by atoms with E-state index in [0.29, 0.717) is 13.0 Å². The number of piperidine rings is 1. The van der Waals surface area contributed by atoms with Crippen LogP contribution in [0.3, 0.4) is 0 Å². The molecule has 1 amide bonds. The first kappa shape index (κ1) is 16.7. The summed E-state index contributed by atoms with van der Waals surface area (Å²) < 4.78 is 22.9. The van der Waals surface area contributed by atoms with Gasteiger partial charge in [0.1, 0.15) is 0 Å². The zero-order chi connectivity index (χ0) is 13.2. The number of nitrogens with two attached hydrogens (primary N) is 1. The van der Waals surface area contributed by atoms with E-state index < -0.39 is 9.84 Å². The summed E-state index contributed by atoms with van der Waals surface area (Å²) in [6, 6.07) is 0.222. The first-order valence-electron chi connectivity index (χ1n) is 6.74. The van der Waals surface area contributed by atoms with Crippen molar-refractivity contribution in [1.29, 1.82) is 0 Å². The van der Waals surface area contributed by atoms with E-state index in [1.807, 2.05) is 4.90 Å². The topological polar surface area (TPSA) is 80.5 Å². The lowest BCUT2D eigenvalue weighted by Crippen LogP contribution is -2.47. The van der Waals surface area contributed by atoms with Crippen LogP contribution in [0.5, 0.6) is 0 Å². The number of sulfone groups is 1. The van der Waals surface area contributed by atoms with E-state index in [9.17, 15) is 13.2 Å². The number of hydrogen-bond donors (Lipinski definition) is 1.